The molecular formula is C14H24N2O2S2. The summed E-state index contributed by atoms with van der Waals surface area (Å²) >= 11 is 1.38. The maximum atomic E-state index is 12.3. The summed E-state index contributed by atoms with van der Waals surface area (Å²) in [5.74, 6) is 0.525. The van der Waals surface area contributed by atoms with E-state index in [0.29, 0.717) is 10.1 Å². The maximum Gasteiger partial charge on any atom is 0.250 e. The fourth-order valence-electron chi connectivity index (χ4n) is 2.17. The molecule has 1 aromatic rings. The summed E-state index contributed by atoms with van der Waals surface area (Å²) in [4.78, 5) is 1.11. The Morgan fingerprint density at radius 3 is 2.75 bits per heavy atom. The molecule has 20 heavy (non-hydrogen) atoms. The Labute approximate surface area is 126 Å². The van der Waals surface area contributed by atoms with E-state index < -0.39 is 10.0 Å². The van der Waals surface area contributed by atoms with E-state index >= 15 is 0 Å². The molecule has 0 bridgehead atoms. The van der Waals surface area contributed by atoms with Gasteiger partial charge in [0.15, 0.2) is 0 Å². The molecule has 1 fully saturated rings. The lowest BCUT2D eigenvalue weighted by molar-refractivity contribution is 0.539. The molecule has 0 radical (unpaired) electrons. The molecule has 1 aromatic heterocycles. The molecule has 1 heterocycles. The summed E-state index contributed by atoms with van der Waals surface area (Å²) in [6.45, 7) is 7.75. The van der Waals surface area contributed by atoms with Gasteiger partial charge in [-0.3, -0.25) is 0 Å². The van der Waals surface area contributed by atoms with Gasteiger partial charge in [-0.05, 0) is 57.2 Å². The highest BCUT2D eigenvalue weighted by molar-refractivity contribution is 7.91. The molecule has 0 spiro atoms. The van der Waals surface area contributed by atoms with Crippen molar-refractivity contribution in [3.05, 3.63) is 16.5 Å². The Bertz CT molecular complexity index is 548. The van der Waals surface area contributed by atoms with Crippen molar-refractivity contribution in [1.29, 1.82) is 0 Å². The van der Waals surface area contributed by atoms with Gasteiger partial charge in [0.2, 0.25) is 10.0 Å². The van der Waals surface area contributed by atoms with E-state index in [0.717, 1.165) is 42.8 Å². The topological polar surface area (TPSA) is 58.2 Å². The average molecular weight is 316 g/mol. The predicted molar refractivity (Wildman–Crippen MR) is 83.6 cm³/mol. The molecule has 0 aromatic carbocycles. The summed E-state index contributed by atoms with van der Waals surface area (Å²) in [7, 11) is -3.36. The predicted octanol–water partition coefficient (Wildman–Crippen LogP) is 2.63. The van der Waals surface area contributed by atoms with E-state index in [4.69, 9.17) is 0 Å². The maximum absolute atomic E-state index is 12.3. The third-order valence-corrected chi connectivity index (χ3v) is 6.91. The van der Waals surface area contributed by atoms with E-state index in [-0.39, 0.29) is 6.04 Å². The highest BCUT2D eigenvalue weighted by Crippen LogP contribution is 2.34. The van der Waals surface area contributed by atoms with Gasteiger partial charge in [-0.2, -0.15) is 0 Å². The van der Waals surface area contributed by atoms with Crippen molar-refractivity contribution < 1.29 is 8.42 Å². The summed E-state index contributed by atoms with van der Waals surface area (Å²) in [5, 5.41) is 3.32. The van der Waals surface area contributed by atoms with Crippen molar-refractivity contribution in [3.8, 4) is 0 Å². The van der Waals surface area contributed by atoms with Crippen LogP contribution in [0.3, 0.4) is 0 Å². The molecule has 114 valence electrons. The van der Waals surface area contributed by atoms with Crippen LogP contribution in [0.1, 0.15) is 43.6 Å². The third kappa shape index (κ3) is 4.04. The number of thiophene rings is 1. The summed E-state index contributed by atoms with van der Waals surface area (Å²) in [6, 6.07) is 1.83. The molecule has 1 saturated carbocycles. The quantitative estimate of drug-likeness (QED) is 0.725. The zero-order valence-electron chi connectivity index (χ0n) is 12.4. The lowest BCUT2D eigenvalue weighted by Gasteiger charge is -2.11. The zero-order chi connectivity index (χ0) is 14.8. The lowest BCUT2D eigenvalue weighted by atomic mass is 10.2. The molecule has 0 amide bonds. The van der Waals surface area contributed by atoms with Crippen molar-refractivity contribution in [1.82, 2.24) is 10.0 Å². The largest absolute Gasteiger partial charge is 0.312 e. The minimum atomic E-state index is -3.36. The molecular weight excluding hydrogens is 292 g/mol. The fraction of sp³-hybridized carbons (Fsp3) is 0.714. The smallest absolute Gasteiger partial charge is 0.250 e. The van der Waals surface area contributed by atoms with Crippen LogP contribution in [-0.4, -0.2) is 21.0 Å². The summed E-state index contributed by atoms with van der Waals surface area (Å²) < 4.78 is 27.9. The molecule has 2 rings (SSSR count). The van der Waals surface area contributed by atoms with E-state index in [1.807, 2.05) is 13.8 Å². The first-order valence-corrected chi connectivity index (χ1v) is 9.56. The Morgan fingerprint density at radius 1 is 1.45 bits per heavy atom. The molecule has 1 unspecified atom stereocenters. The standard InChI is InChI=1S/C14H24N2O2S2/c1-4-7-15-9-13-10(2)8-14(19-13)20(17,18)16-11(3)12-5-6-12/h8,11-12,15-16H,4-7,9H2,1-3H3. The second kappa shape index (κ2) is 6.56. The molecule has 1 atom stereocenters. The fourth-order valence-corrected chi connectivity index (χ4v) is 5.06. The van der Waals surface area contributed by atoms with E-state index in [9.17, 15) is 8.42 Å². The van der Waals surface area contributed by atoms with E-state index in [2.05, 4.69) is 17.0 Å². The van der Waals surface area contributed by atoms with Crippen molar-refractivity contribution >= 4 is 21.4 Å². The van der Waals surface area contributed by atoms with Crippen LogP contribution in [-0.2, 0) is 16.6 Å². The van der Waals surface area contributed by atoms with Crippen LogP contribution in [0, 0.1) is 12.8 Å². The van der Waals surface area contributed by atoms with Gasteiger partial charge in [-0.1, -0.05) is 6.92 Å². The molecule has 4 nitrogen and oxygen atoms in total. The number of hydrogen-bond donors (Lipinski definition) is 2. The first kappa shape index (κ1) is 15.9. The van der Waals surface area contributed by atoms with Crippen LogP contribution in [0.15, 0.2) is 10.3 Å². The first-order valence-electron chi connectivity index (χ1n) is 7.26. The molecule has 0 aliphatic heterocycles. The average Bonchev–Trinajstić information content (AvgIpc) is 3.15. The van der Waals surface area contributed by atoms with Crippen LogP contribution in [0.5, 0.6) is 0 Å². The third-order valence-electron chi connectivity index (χ3n) is 3.65. The Hall–Kier alpha value is -0.430. The summed E-state index contributed by atoms with van der Waals surface area (Å²) in [6.07, 6.45) is 3.36. The second-order valence-electron chi connectivity index (χ2n) is 5.60. The van der Waals surface area contributed by atoms with Gasteiger partial charge < -0.3 is 5.32 Å². The van der Waals surface area contributed by atoms with Gasteiger partial charge in [-0.15, -0.1) is 11.3 Å². The molecule has 1 aliphatic carbocycles. The number of aryl methyl sites for hydroxylation is 1. The normalized spacial score (nSPS) is 17.4. The summed E-state index contributed by atoms with van der Waals surface area (Å²) in [5.41, 5.74) is 1.05. The van der Waals surface area contributed by atoms with Gasteiger partial charge in [0.25, 0.3) is 0 Å². The van der Waals surface area contributed by atoms with E-state index in [1.165, 1.54) is 11.3 Å². The number of hydrogen-bond acceptors (Lipinski definition) is 4. The highest BCUT2D eigenvalue weighted by atomic mass is 32.2. The first-order chi connectivity index (χ1) is 9.44. The van der Waals surface area contributed by atoms with Gasteiger partial charge >= 0.3 is 0 Å². The highest BCUT2D eigenvalue weighted by Gasteiger charge is 2.31. The zero-order valence-corrected chi connectivity index (χ0v) is 14.0. The Kier molecular flexibility index (Phi) is 5.23. The molecule has 2 N–H and O–H groups in total. The minimum Gasteiger partial charge on any atom is -0.312 e. The van der Waals surface area contributed by atoms with Crippen LogP contribution in [0.2, 0.25) is 0 Å². The Morgan fingerprint density at radius 2 is 2.15 bits per heavy atom. The van der Waals surface area contributed by atoms with Crippen LogP contribution in [0.25, 0.3) is 0 Å². The van der Waals surface area contributed by atoms with Crippen molar-refractivity contribution in [2.75, 3.05) is 6.54 Å². The van der Waals surface area contributed by atoms with Crippen LogP contribution >= 0.6 is 11.3 Å². The lowest BCUT2D eigenvalue weighted by Crippen LogP contribution is -2.33. The second-order valence-corrected chi connectivity index (χ2v) is 8.67. The van der Waals surface area contributed by atoms with Crippen molar-refractivity contribution in [2.24, 2.45) is 5.92 Å². The minimum absolute atomic E-state index is 0.0454. The van der Waals surface area contributed by atoms with Gasteiger partial charge in [0, 0.05) is 17.5 Å². The molecule has 1 aliphatic rings. The van der Waals surface area contributed by atoms with Gasteiger partial charge in [-0.25, -0.2) is 13.1 Å². The van der Waals surface area contributed by atoms with Crippen molar-refractivity contribution in [3.63, 3.8) is 0 Å². The van der Waals surface area contributed by atoms with Crippen molar-refractivity contribution in [2.45, 2.75) is 56.8 Å². The van der Waals surface area contributed by atoms with Gasteiger partial charge in [0.05, 0.1) is 0 Å². The Balaban J connectivity index is 2.05. The monoisotopic (exact) mass is 316 g/mol. The number of sulfonamides is 1. The molecule has 6 heteroatoms. The van der Waals surface area contributed by atoms with Crippen LogP contribution < -0.4 is 10.0 Å². The van der Waals surface area contributed by atoms with Gasteiger partial charge in [0.1, 0.15) is 4.21 Å². The van der Waals surface area contributed by atoms with Crippen LogP contribution in [0.4, 0.5) is 0 Å². The number of nitrogens with one attached hydrogen (secondary N) is 2. The van der Waals surface area contributed by atoms with E-state index in [1.54, 1.807) is 6.07 Å². The number of rotatable bonds is 8. The molecule has 0 saturated heterocycles. The SMILES string of the molecule is CCCNCc1sc(S(=O)(=O)NC(C)C2CC2)cc1C.